The molecule has 17 heavy (non-hydrogen) atoms. The summed E-state index contributed by atoms with van der Waals surface area (Å²) >= 11 is 0. The minimum Gasteiger partial charge on any atom is -0.461 e. The van der Waals surface area contributed by atoms with E-state index in [0.29, 0.717) is 11.3 Å². The minimum atomic E-state index is -0.741. The first-order valence-electron chi connectivity index (χ1n) is 4.72. The van der Waals surface area contributed by atoms with Gasteiger partial charge in [-0.25, -0.2) is 4.79 Å². The first-order valence-corrected chi connectivity index (χ1v) is 4.72. The van der Waals surface area contributed by atoms with E-state index in [0.717, 1.165) is 0 Å². The van der Waals surface area contributed by atoms with Gasteiger partial charge in [-0.05, 0) is 0 Å². The summed E-state index contributed by atoms with van der Waals surface area (Å²) in [6, 6.07) is -0.0335. The summed E-state index contributed by atoms with van der Waals surface area (Å²) in [7, 11) is 1.53. The molecule has 9 nitrogen and oxygen atoms in total. The molecule has 92 valence electrons. The van der Waals surface area contributed by atoms with Crippen LogP contribution in [0.3, 0.4) is 0 Å². The summed E-state index contributed by atoms with van der Waals surface area (Å²) in [5, 5.41) is 9.37. The minimum absolute atomic E-state index is 0.0207. The Morgan fingerprint density at radius 2 is 2.24 bits per heavy atom. The fourth-order valence-corrected chi connectivity index (χ4v) is 1.26. The zero-order valence-electron chi connectivity index (χ0n) is 9.01. The molecular formula is C8H11N5O4. The average molecular weight is 241 g/mol. The van der Waals surface area contributed by atoms with Crippen molar-refractivity contribution in [2.75, 3.05) is 26.1 Å². The van der Waals surface area contributed by atoms with E-state index in [2.05, 4.69) is 15.0 Å². The maximum atomic E-state index is 11.1. The standard InChI is InChI=1S/C8H11N5O4/c1-16-2-3-17-7-11-5(9)4-6(12-7)13(15)8(14)10-4/h15H,2-3H2,1H3,(H,10,14)(H2,9,11,12). The van der Waals surface area contributed by atoms with Crippen LogP contribution >= 0.6 is 0 Å². The SMILES string of the molecule is COCCOc1nc(N)c2[nH]c(=O)n(O)c2n1. The Labute approximate surface area is 94.8 Å². The van der Waals surface area contributed by atoms with Crippen molar-refractivity contribution in [3.05, 3.63) is 10.5 Å². The molecule has 9 heteroatoms. The summed E-state index contributed by atoms with van der Waals surface area (Å²) in [4.78, 5) is 21.1. The molecule has 4 N–H and O–H groups in total. The second-order valence-corrected chi connectivity index (χ2v) is 3.17. The topological polar surface area (TPSA) is 128 Å². The Balaban J connectivity index is 2.40. The molecule has 0 atom stereocenters. The lowest BCUT2D eigenvalue weighted by Crippen LogP contribution is -2.13. The van der Waals surface area contributed by atoms with Gasteiger partial charge in [0.15, 0.2) is 5.82 Å². The van der Waals surface area contributed by atoms with Gasteiger partial charge in [-0.15, -0.1) is 4.73 Å². The number of aromatic amines is 1. The number of imidazole rings is 1. The average Bonchev–Trinajstić information content (AvgIpc) is 2.58. The molecular weight excluding hydrogens is 230 g/mol. The highest BCUT2D eigenvalue weighted by atomic mass is 16.5. The molecule has 0 fully saturated rings. The molecule has 0 saturated heterocycles. The van der Waals surface area contributed by atoms with Gasteiger partial charge >= 0.3 is 11.7 Å². The Hall–Kier alpha value is -2.29. The molecule has 0 bridgehead atoms. The predicted octanol–water partition coefficient (Wildman–Crippen LogP) is -1.04. The van der Waals surface area contributed by atoms with Crippen LogP contribution in [0.25, 0.3) is 11.2 Å². The third-order valence-corrected chi connectivity index (χ3v) is 2.04. The summed E-state index contributed by atoms with van der Waals surface area (Å²) < 4.78 is 10.3. The van der Waals surface area contributed by atoms with Gasteiger partial charge in [-0.1, -0.05) is 0 Å². The molecule has 0 aliphatic heterocycles. The number of aromatic nitrogens is 4. The summed E-state index contributed by atoms with van der Waals surface area (Å²) in [5.74, 6) is 0.0207. The fraction of sp³-hybridized carbons (Fsp3) is 0.375. The zero-order chi connectivity index (χ0) is 12.4. The van der Waals surface area contributed by atoms with Crippen LogP contribution in [-0.4, -0.2) is 45.2 Å². The predicted molar refractivity (Wildman–Crippen MR) is 57.1 cm³/mol. The van der Waals surface area contributed by atoms with Gasteiger partial charge < -0.3 is 20.4 Å². The first kappa shape index (κ1) is 11.2. The van der Waals surface area contributed by atoms with Crippen LogP contribution in [0, 0.1) is 0 Å². The Kier molecular flexibility index (Phi) is 2.83. The lowest BCUT2D eigenvalue weighted by Gasteiger charge is -2.04. The number of rotatable bonds is 4. The van der Waals surface area contributed by atoms with Crippen molar-refractivity contribution in [1.82, 2.24) is 19.7 Å². The normalized spacial score (nSPS) is 10.9. The van der Waals surface area contributed by atoms with Crippen LogP contribution in [0.1, 0.15) is 0 Å². The van der Waals surface area contributed by atoms with Crippen LogP contribution in [-0.2, 0) is 4.74 Å². The lowest BCUT2D eigenvalue weighted by atomic mass is 10.5. The molecule has 0 aliphatic rings. The third-order valence-electron chi connectivity index (χ3n) is 2.04. The van der Waals surface area contributed by atoms with Crippen molar-refractivity contribution in [2.45, 2.75) is 0 Å². The summed E-state index contributed by atoms with van der Waals surface area (Å²) in [6.45, 7) is 0.599. The highest BCUT2D eigenvalue weighted by Crippen LogP contribution is 2.16. The monoisotopic (exact) mass is 241 g/mol. The van der Waals surface area contributed by atoms with Crippen molar-refractivity contribution in [3.63, 3.8) is 0 Å². The van der Waals surface area contributed by atoms with Crippen molar-refractivity contribution in [1.29, 1.82) is 0 Å². The number of ether oxygens (including phenoxy) is 2. The molecule has 2 aromatic heterocycles. The number of fused-ring (bicyclic) bond motifs is 1. The van der Waals surface area contributed by atoms with Gasteiger partial charge in [0.2, 0.25) is 5.65 Å². The maximum Gasteiger partial charge on any atom is 0.360 e. The highest BCUT2D eigenvalue weighted by Gasteiger charge is 2.13. The van der Waals surface area contributed by atoms with Gasteiger partial charge in [-0.2, -0.15) is 9.97 Å². The van der Waals surface area contributed by atoms with Gasteiger partial charge in [0.05, 0.1) is 6.61 Å². The summed E-state index contributed by atoms with van der Waals surface area (Å²) in [6.07, 6.45) is 0. The molecule has 0 saturated carbocycles. The van der Waals surface area contributed by atoms with Crippen LogP contribution < -0.4 is 16.2 Å². The van der Waals surface area contributed by atoms with Gasteiger partial charge in [0, 0.05) is 7.11 Å². The number of H-pyrrole nitrogens is 1. The van der Waals surface area contributed by atoms with Gasteiger partial charge in [0.25, 0.3) is 0 Å². The second kappa shape index (κ2) is 4.29. The molecule has 0 amide bonds. The zero-order valence-corrected chi connectivity index (χ0v) is 9.01. The van der Waals surface area contributed by atoms with Crippen LogP contribution in [0.5, 0.6) is 6.01 Å². The summed E-state index contributed by atoms with van der Waals surface area (Å²) in [5.41, 5.74) is 4.98. The number of nitrogens with zero attached hydrogens (tertiary/aromatic N) is 3. The van der Waals surface area contributed by atoms with E-state index in [-0.39, 0.29) is 29.6 Å². The molecule has 0 aromatic carbocycles. The Morgan fingerprint density at radius 1 is 1.47 bits per heavy atom. The molecule has 2 heterocycles. The number of nitrogens with one attached hydrogen (secondary N) is 1. The van der Waals surface area contributed by atoms with Crippen molar-refractivity contribution < 1.29 is 14.7 Å². The van der Waals surface area contributed by atoms with E-state index in [4.69, 9.17) is 15.2 Å². The quantitative estimate of drug-likeness (QED) is 0.460. The van der Waals surface area contributed by atoms with Crippen molar-refractivity contribution in [2.24, 2.45) is 0 Å². The van der Waals surface area contributed by atoms with Gasteiger partial charge in [0.1, 0.15) is 12.1 Å². The second-order valence-electron chi connectivity index (χ2n) is 3.17. The van der Waals surface area contributed by atoms with E-state index in [1.165, 1.54) is 7.11 Å². The lowest BCUT2D eigenvalue weighted by molar-refractivity contribution is 0.140. The van der Waals surface area contributed by atoms with Gasteiger partial charge in [-0.3, -0.25) is 4.98 Å². The number of methoxy groups -OCH3 is 1. The molecule has 0 unspecified atom stereocenters. The Morgan fingerprint density at radius 3 is 2.94 bits per heavy atom. The Bertz CT molecular complexity index is 589. The molecule has 0 radical (unpaired) electrons. The molecule has 2 rings (SSSR count). The van der Waals surface area contributed by atoms with Crippen LogP contribution in [0.4, 0.5) is 5.82 Å². The van der Waals surface area contributed by atoms with E-state index in [1.807, 2.05) is 0 Å². The van der Waals surface area contributed by atoms with Crippen LogP contribution in [0.15, 0.2) is 4.79 Å². The van der Waals surface area contributed by atoms with E-state index in [9.17, 15) is 10.0 Å². The molecule has 2 aromatic rings. The van der Waals surface area contributed by atoms with E-state index in [1.54, 1.807) is 0 Å². The number of nitrogens with two attached hydrogens (primary N) is 1. The largest absolute Gasteiger partial charge is 0.461 e. The number of nitrogen functional groups attached to an aromatic ring is 1. The van der Waals surface area contributed by atoms with Crippen molar-refractivity contribution in [3.8, 4) is 6.01 Å². The fourth-order valence-electron chi connectivity index (χ4n) is 1.26. The van der Waals surface area contributed by atoms with Crippen LogP contribution in [0.2, 0.25) is 0 Å². The van der Waals surface area contributed by atoms with E-state index < -0.39 is 5.69 Å². The molecule has 0 spiro atoms. The number of anilines is 1. The third kappa shape index (κ3) is 1.99. The molecule has 0 aliphatic carbocycles. The number of hydrogen-bond acceptors (Lipinski definition) is 7. The first-order chi connectivity index (χ1) is 8.13. The smallest absolute Gasteiger partial charge is 0.360 e. The highest BCUT2D eigenvalue weighted by molar-refractivity contribution is 5.81. The number of hydrogen-bond donors (Lipinski definition) is 3. The maximum absolute atomic E-state index is 11.1. The van der Waals surface area contributed by atoms with Crippen molar-refractivity contribution >= 4 is 17.0 Å². The van der Waals surface area contributed by atoms with E-state index >= 15 is 0 Å².